The lowest BCUT2D eigenvalue weighted by atomic mass is 10.0. The Morgan fingerprint density at radius 3 is 2.65 bits per heavy atom. The van der Waals surface area contributed by atoms with Gasteiger partial charge in [0.1, 0.15) is 6.10 Å². The monoisotopic (exact) mass is 238 g/mol. The molecule has 1 aliphatic rings. The van der Waals surface area contributed by atoms with Crippen LogP contribution in [0, 0.1) is 0 Å². The van der Waals surface area contributed by atoms with Crippen LogP contribution in [0.25, 0.3) is 0 Å². The molecule has 0 aliphatic carbocycles. The maximum absolute atomic E-state index is 9.82. The fourth-order valence-electron chi connectivity index (χ4n) is 2.00. The van der Waals surface area contributed by atoms with Crippen molar-refractivity contribution in [3.05, 3.63) is 35.9 Å². The van der Waals surface area contributed by atoms with Crippen molar-refractivity contribution < 1.29 is 19.7 Å². The zero-order valence-electron chi connectivity index (χ0n) is 9.82. The van der Waals surface area contributed by atoms with E-state index >= 15 is 0 Å². The first-order chi connectivity index (χ1) is 8.16. The Kier molecular flexibility index (Phi) is 4.12. The summed E-state index contributed by atoms with van der Waals surface area (Å²) < 4.78 is 10.7. The smallest absolute Gasteiger partial charge is 0.183 e. The van der Waals surface area contributed by atoms with Crippen LogP contribution in [0.5, 0.6) is 0 Å². The van der Waals surface area contributed by atoms with Crippen LogP contribution < -0.4 is 0 Å². The van der Waals surface area contributed by atoms with E-state index in [9.17, 15) is 10.2 Å². The highest BCUT2D eigenvalue weighted by atomic mass is 16.6. The molecule has 4 unspecified atom stereocenters. The lowest BCUT2D eigenvalue weighted by Gasteiger charge is -2.35. The minimum atomic E-state index is -1.06. The molecule has 4 nitrogen and oxygen atoms in total. The molecule has 17 heavy (non-hydrogen) atoms. The van der Waals surface area contributed by atoms with Crippen molar-refractivity contribution in [2.45, 2.75) is 44.6 Å². The number of hydrogen-bond donors (Lipinski definition) is 2. The highest BCUT2D eigenvalue weighted by Crippen LogP contribution is 2.22. The normalized spacial score (nSPS) is 33.6. The van der Waals surface area contributed by atoms with Gasteiger partial charge in [-0.1, -0.05) is 30.3 Å². The summed E-state index contributed by atoms with van der Waals surface area (Å²) in [6.45, 7) is 2.18. The van der Waals surface area contributed by atoms with E-state index in [2.05, 4.69) is 0 Å². The molecular weight excluding hydrogens is 220 g/mol. The van der Waals surface area contributed by atoms with Crippen LogP contribution in [-0.4, -0.2) is 34.8 Å². The second-order valence-electron chi connectivity index (χ2n) is 4.40. The Morgan fingerprint density at radius 2 is 2.00 bits per heavy atom. The highest BCUT2D eigenvalue weighted by molar-refractivity contribution is 5.13. The van der Waals surface area contributed by atoms with Gasteiger partial charge in [-0.15, -0.1) is 0 Å². The molecule has 1 aromatic carbocycles. The number of benzene rings is 1. The van der Waals surface area contributed by atoms with Crippen molar-refractivity contribution in [3.63, 3.8) is 0 Å². The number of aliphatic hydroxyl groups excluding tert-OH is 2. The van der Waals surface area contributed by atoms with Crippen molar-refractivity contribution in [2.24, 2.45) is 0 Å². The van der Waals surface area contributed by atoms with E-state index in [1.54, 1.807) is 0 Å². The van der Waals surface area contributed by atoms with Gasteiger partial charge in [0, 0.05) is 6.42 Å². The SMILES string of the molecule is CC1CC(O)C(OCc2ccccc2)C(O)O1. The predicted molar refractivity (Wildman–Crippen MR) is 62.2 cm³/mol. The molecule has 0 saturated carbocycles. The van der Waals surface area contributed by atoms with Gasteiger partial charge in [0.2, 0.25) is 0 Å². The van der Waals surface area contributed by atoms with Gasteiger partial charge in [-0.2, -0.15) is 0 Å². The summed E-state index contributed by atoms with van der Waals surface area (Å²) in [6.07, 6.45) is -2.07. The summed E-state index contributed by atoms with van der Waals surface area (Å²) in [5.41, 5.74) is 1.01. The molecule has 4 heteroatoms. The topological polar surface area (TPSA) is 58.9 Å². The zero-order valence-corrected chi connectivity index (χ0v) is 9.82. The van der Waals surface area contributed by atoms with Gasteiger partial charge in [-0.05, 0) is 12.5 Å². The van der Waals surface area contributed by atoms with Crippen LogP contribution in [0.4, 0.5) is 0 Å². The van der Waals surface area contributed by atoms with Crippen LogP contribution in [0.3, 0.4) is 0 Å². The average Bonchev–Trinajstić information content (AvgIpc) is 2.29. The number of rotatable bonds is 3. The van der Waals surface area contributed by atoms with Gasteiger partial charge in [0.15, 0.2) is 6.29 Å². The van der Waals surface area contributed by atoms with E-state index in [0.717, 1.165) is 5.56 Å². The molecule has 2 rings (SSSR count). The van der Waals surface area contributed by atoms with Crippen LogP contribution in [-0.2, 0) is 16.1 Å². The highest BCUT2D eigenvalue weighted by Gasteiger charge is 2.35. The molecule has 94 valence electrons. The summed E-state index contributed by atoms with van der Waals surface area (Å²) in [6, 6.07) is 9.64. The fourth-order valence-corrected chi connectivity index (χ4v) is 2.00. The maximum atomic E-state index is 9.82. The van der Waals surface area contributed by atoms with Crippen molar-refractivity contribution in [1.29, 1.82) is 0 Å². The second kappa shape index (κ2) is 5.60. The molecule has 0 amide bonds. The second-order valence-corrected chi connectivity index (χ2v) is 4.40. The van der Waals surface area contributed by atoms with Crippen molar-refractivity contribution in [3.8, 4) is 0 Å². The molecule has 0 radical (unpaired) electrons. The Morgan fingerprint density at radius 1 is 1.29 bits per heavy atom. The first-order valence-electron chi connectivity index (χ1n) is 5.84. The third kappa shape index (κ3) is 3.26. The van der Waals surface area contributed by atoms with Crippen molar-refractivity contribution in [1.82, 2.24) is 0 Å². The van der Waals surface area contributed by atoms with Gasteiger partial charge >= 0.3 is 0 Å². The third-order valence-electron chi connectivity index (χ3n) is 2.89. The van der Waals surface area contributed by atoms with Gasteiger partial charge in [-0.25, -0.2) is 0 Å². The van der Waals surface area contributed by atoms with E-state index in [1.165, 1.54) is 0 Å². The minimum Gasteiger partial charge on any atom is -0.390 e. The molecular formula is C13H18O4. The molecule has 4 atom stereocenters. The van der Waals surface area contributed by atoms with E-state index in [-0.39, 0.29) is 6.10 Å². The molecule has 1 aliphatic heterocycles. The molecule has 1 heterocycles. The summed E-state index contributed by atoms with van der Waals surface area (Å²) in [5.74, 6) is 0. The van der Waals surface area contributed by atoms with E-state index in [4.69, 9.17) is 9.47 Å². The van der Waals surface area contributed by atoms with E-state index in [1.807, 2.05) is 37.3 Å². The lowest BCUT2D eigenvalue weighted by Crippen LogP contribution is -2.48. The Balaban J connectivity index is 1.90. The van der Waals surface area contributed by atoms with Crippen molar-refractivity contribution >= 4 is 0 Å². The van der Waals surface area contributed by atoms with Crippen LogP contribution >= 0.6 is 0 Å². The van der Waals surface area contributed by atoms with Gasteiger partial charge in [-0.3, -0.25) is 0 Å². The lowest BCUT2D eigenvalue weighted by molar-refractivity contribution is -0.258. The summed E-state index contributed by atoms with van der Waals surface area (Å²) in [5, 5.41) is 19.5. The molecule has 1 aromatic rings. The van der Waals surface area contributed by atoms with Gasteiger partial charge in [0.05, 0.1) is 18.8 Å². The van der Waals surface area contributed by atoms with Crippen molar-refractivity contribution in [2.75, 3.05) is 0 Å². The molecule has 0 aromatic heterocycles. The molecule has 0 spiro atoms. The third-order valence-corrected chi connectivity index (χ3v) is 2.89. The number of aliphatic hydroxyl groups is 2. The summed E-state index contributed by atoms with van der Waals surface area (Å²) in [7, 11) is 0. The number of hydrogen-bond acceptors (Lipinski definition) is 4. The van der Waals surface area contributed by atoms with Gasteiger partial charge in [0.25, 0.3) is 0 Å². The summed E-state index contributed by atoms with van der Waals surface area (Å²) >= 11 is 0. The number of ether oxygens (including phenoxy) is 2. The van der Waals surface area contributed by atoms with Crippen LogP contribution in [0.15, 0.2) is 30.3 Å². The molecule has 2 N–H and O–H groups in total. The zero-order chi connectivity index (χ0) is 12.3. The summed E-state index contributed by atoms with van der Waals surface area (Å²) in [4.78, 5) is 0. The fraction of sp³-hybridized carbons (Fsp3) is 0.538. The minimum absolute atomic E-state index is 0.142. The largest absolute Gasteiger partial charge is 0.390 e. The maximum Gasteiger partial charge on any atom is 0.183 e. The quantitative estimate of drug-likeness (QED) is 0.826. The van der Waals surface area contributed by atoms with Crippen LogP contribution in [0.2, 0.25) is 0 Å². The first kappa shape index (κ1) is 12.5. The predicted octanol–water partition coefficient (Wildman–Crippen LogP) is 1.06. The van der Waals surface area contributed by atoms with E-state index in [0.29, 0.717) is 13.0 Å². The Hall–Kier alpha value is -0.940. The average molecular weight is 238 g/mol. The standard InChI is InChI=1S/C13H18O4/c1-9-7-11(14)12(13(15)17-9)16-8-10-5-3-2-4-6-10/h2-6,9,11-15H,7-8H2,1H3. The van der Waals surface area contributed by atoms with Gasteiger partial charge < -0.3 is 19.7 Å². The van der Waals surface area contributed by atoms with E-state index < -0.39 is 18.5 Å². The first-order valence-corrected chi connectivity index (χ1v) is 5.84. The molecule has 1 saturated heterocycles. The Labute approximate surface area is 101 Å². The Bertz CT molecular complexity index is 329. The van der Waals surface area contributed by atoms with Crippen LogP contribution in [0.1, 0.15) is 18.9 Å². The molecule has 0 bridgehead atoms. The molecule has 1 fully saturated rings.